The molecule has 1 atom stereocenters. The molecule has 3 aromatic rings. The van der Waals surface area contributed by atoms with E-state index in [1.54, 1.807) is 0 Å². The van der Waals surface area contributed by atoms with Crippen molar-refractivity contribution in [1.29, 1.82) is 0 Å². The number of H-pyrrole nitrogens is 2. The largest absolute Gasteiger partial charge is 0.341 e. The minimum atomic E-state index is -0.232. The lowest BCUT2D eigenvalue weighted by molar-refractivity contribution is -0.120. The fraction of sp³-hybridized carbons (Fsp3) is 0.294. The maximum atomic E-state index is 12.5. The predicted molar refractivity (Wildman–Crippen MR) is 94.5 cm³/mol. The summed E-state index contributed by atoms with van der Waals surface area (Å²) in [5.74, 6) is 0.302. The van der Waals surface area contributed by atoms with Gasteiger partial charge in [-0.25, -0.2) is 0 Å². The Labute approximate surface area is 143 Å². The number of aromatic nitrogens is 4. The number of fused-ring (bicyclic) bond motifs is 1. The first-order valence-electron chi connectivity index (χ1n) is 8.25. The second-order valence-corrected chi connectivity index (χ2v) is 6.16. The van der Waals surface area contributed by atoms with Crippen LogP contribution in [0.2, 0.25) is 0 Å². The van der Waals surface area contributed by atoms with E-state index in [0.29, 0.717) is 23.5 Å². The van der Waals surface area contributed by atoms with E-state index < -0.39 is 0 Å². The van der Waals surface area contributed by atoms with Crippen LogP contribution in [0.15, 0.2) is 41.3 Å². The molecule has 0 spiro atoms. The number of carbonyl (C=O) groups excluding carboxylic acids is 1. The summed E-state index contributed by atoms with van der Waals surface area (Å²) in [5, 5.41) is 9.94. The molecule has 1 aliphatic heterocycles. The predicted octanol–water partition coefficient (Wildman–Crippen LogP) is 1.50. The lowest BCUT2D eigenvalue weighted by atomic mass is 9.97. The van der Waals surface area contributed by atoms with Crippen molar-refractivity contribution in [3.63, 3.8) is 0 Å². The first-order valence-corrected chi connectivity index (χ1v) is 8.25. The van der Waals surface area contributed by atoms with E-state index in [0.717, 1.165) is 25.1 Å². The summed E-state index contributed by atoms with van der Waals surface area (Å²) < 4.78 is 0. The number of hydrogen-bond acceptors (Lipinski definition) is 5. The lowest BCUT2D eigenvalue weighted by Crippen LogP contribution is -2.42. The van der Waals surface area contributed by atoms with Crippen molar-refractivity contribution in [2.45, 2.75) is 12.8 Å². The summed E-state index contributed by atoms with van der Waals surface area (Å²) in [6.07, 6.45) is 3.13. The van der Waals surface area contributed by atoms with Gasteiger partial charge < -0.3 is 10.2 Å². The van der Waals surface area contributed by atoms with Crippen LogP contribution in [0, 0.1) is 5.92 Å². The molecule has 8 heteroatoms. The van der Waals surface area contributed by atoms with Crippen LogP contribution < -0.4 is 15.8 Å². The summed E-state index contributed by atoms with van der Waals surface area (Å²) in [5.41, 5.74) is 1.01. The molecule has 25 heavy (non-hydrogen) atoms. The molecule has 2 aromatic heterocycles. The third-order valence-corrected chi connectivity index (χ3v) is 4.44. The number of aromatic amines is 2. The summed E-state index contributed by atoms with van der Waals surface area (Å²) in [7, 11) is 0. The number of rotatable bonds is 3. The van der Waals surface area contributed by atoms with Gasteiger partial charge in [-0.15, -0.1) is 0 Å². The van der Waals surface area contributed by atoms with E-state index in [-0.39, 0.29) is 17.4 Å². The normalized spacial score (nSPS) is 17.6. The Morgan fingerprint density at radius 3 is 2.96 bits per heavy atom. The van der Waals surface area contributed by atoms with Gasteiger partial charge in [0.2, 0.25) is 11.9 Å². The molecule has 0 radical (unpaired) electrons. The van der Waals surface area contributed by atoms with Crippen LogP contribution in [0.1, 0.15) is 12.8 Å². The van der Waals surface area contributed by atoms with Crippen LogP contribution in [0.5, 0.6) is 0 Å². The topological polar surface area (TPSA) is 107 Å². The lowest BCUT2D eigenvalue weighted by Gasteiger charge is -2.32. The maximum Gasteiger partial charge on any atom is 0.263 e. The summed E-state index contributed by atoms with van der Waals surface area (Å²) in [6.45, 7) is 1.26. The van der Waals surface area contributed by atoms with Gasteiger partial charge in [-0.3, -0.25) is 19.7 Å². The number of hydrogen-bond donors (Lipinski definition) is 3. The van der Waals surface area contributed by atoms with Crippen LogP contribution in [-0.2, 0) is 4.79 Å². The molecule has 3 N–H and O–H groups in total. The monoisotopic (exact) mass is 338 g/mol. The van der Waals surface area contributed by atoms with Crippen molar-refractivity contribution >= 4 is 28.6 Å². The fourth-order valence-corrected chi connectivity index (χ4v) is 3.13. The van der Waals surface area contributed by atoms with Gasteiger partial charge in [-0.2, -0.15) is 10.1 Å². The summed E-state index contributed by atoms with van der Waals surface area (Å²) in [4.78, 5) is 33.8. The molecule has 1 amide bonds. The molecular formula is C17H18N6O2. The van der Waals surface area contributed by atoms with Gasteiger partial charge in [-0.1, -0.05) is 18.2 Å². The molecular weight excluding hydrogens is 320 g/mol. The van der Waals surface area contributed by atoms with Crippen LogP contribution in [0.4, 0.5) is 11.6 Å². The molecule has 128 valence electrons. The zero-order chi connectivity index (χ0) is 17.2. The SMILES string of the molecule is O=C(Nc1ccccc1)C1CCCN(c2nc3[nH]ncc3c(=O)[nH]2)C1. The number of para-hydroxylation sites is 1. The standard InChI is InChI=1S/C17H18N6O2/c24-15(19-12-6-2-1-3-7-12)11-5-4-8-23(10-11)17-20-14-13(9-18-22-14)16(25)21-17/h1-3,6-7,9,11H,4-5,8,10H2,(H,19,24)(H2,18,20,21,22,25). The van der Waals surface area contributed by atoms with E-state index in [4.69, 9.17) is 0 Å². The van der Waals surface area contributed by atoms with E-state index in [1.165, 1.54) is 6.20 Å². The second-order valence-electron chi connectivity index (χ2n) is 6.16. The average Bonchev–Trinajstić information content (AvgIpc) is 3.12. The van der Waals surface area contributed by atoms with Crippen molar-refractivity contribution in [2.75, 3.05) is 23.3 Å². The van der Waals surface area contributed by atoms with Crippen molar-refractivity contribution in [3.8, 4) is 0 Å². The van der Waals surface area contributed by atoms with E-state index >= 15 is 0 Å². The van der Waals surface area contributed by atoms with Gasteiger partial charge in [0, 0.05) is 18.8 Å². The van der Waals surface area contributed by atoms with Crippen molar-refractivity contribution in [1.82, 2.24) is 20.2 Å². The van der Waals surface area contributed by atoms with Crippen LogP contribution in [-0.4, -0.2) is 39.2 Å². The highest BCUT2D eigenvalue weighted by atomic mass is 16.2. The fourth-order valence-electron chi connectivity index (χ4n) is 3.13. The van der Waals surface area contributed by atoms with Crippen molar-refractivity contribution in [2.24, 2.45) is 5.92 Å². The van der Waals surface area contributed by atoms with Crippen LogP contribution >= 0.6 is 0 Å². The molecule has 1 aromatic carbocycles. The molecule has 0 saturated carbocycles. The van der Waals surface area contributed by atoms with E-state index in [1.807, 2.05) is 35.2 Å². The van der Waals surface area contributed by atoms with Gasteiger partial charge >= 0.3 is 0 Å². The average molecular weight is 338 g/mol. The Bertz CT molecular complexity index is 948. The van der Waals surface area contributed by atoms with Crippen LogP contribution in [0.3, 0.4) is 0 Å². The van der Waals surface area contributed by atoms with E-state index in [2.05, 4.69) is 25.5 Å². The smallest absolute Gasteiger partial charge is 0.263 e. The highest BCUT2D eigenvalue weighted by molar-refractivity contribution is 5.93. The molecule has 3 heterocycles. The van der Waals surface area contributed by atoms with Gasteiger partial charge in [0.05, 0.1) is 12.1 Å². The number of benzene rings is 1. The molecule has 4 rings (SSSR count). The molecule has 0 bridgehead atoms. The number of anilines is 2. The number of amides is 1. The first-order chi connectivity index (χ1) is 12.2. The third-order valence-electron chi connectivity index (χ3n) is 4.44. The Hall–Kier alpha value is -3.16. The first kappa shape index (κ1) is 15.4. The van der Waals surface area contributed by atoms with Gasteiger partial charge in [0.1, 0.15) is 5.39 Å². The van der Waals surface area contributed by atoms with Crippen molar-refractivity contribution < 1.29 is 4.79 Å². The zero-order valence-corrected chi connectivity index (χ0v) is 13.5. The highest BCUT2D eigenvalue weighted by Gasteiger charge is 2.27. The number of carbonyl (C=O) groups is 1. The Morgan fingerprint density at radius 2 is 2.12 bits per heavy atom. The van der Waals surface area contributed by atoms with Crippen molar-refractivity contribution in [3.05, 3.63) is 46.9 Å². The maximum absolute atomic E-state index is 12.5. The number of nitrogens with zero attached hydrogens (tertiary/aromatic N) is 3. The quantitative estimate of drug-likeness (QED) is 0.671. The second kappa shape index (κ2) is 6.39. The van der Waals surface area contributed by atoms with Gasteiger partial charge in [0.15, 0.2) is 5.65 Å². The van der Waals surface area contributed by atoms with Gasteiger partial charge in [-0.05, 0) is 25.0 Å². The Kier molecular flexibility index (Phi) is 3.93. The Balaban J connectivity index is 1.52. The van der Waals surface area contributed by atoms with E-state index in [9.17, 15) is 9.59 Å². The summed E-state index contributed by atoms with van der Waals surface area (Å²) >= 11 is 0. The molecule has 1 fully saturated rings. The Morgan fingerprint density at radius 1 is 1.28 bits per heavy atom. The third kappa shape index (κ3) is 3.10. The highest BCUT2D eigenvalue weighted by Crippen LogP contribution is 2.22. The van der Waals surface area contributed by atoms with Gasteiger partial charge in [0.25, 0.3) is 5.56 Å². The minimum absolute atomic E-state index is 0.0131. The number of piperidine rings is 1. The molecule has 8 nitrogen and oxygen atoms in total. The molecule has 1 aliphatic rings. The minimum Gasteiger partial charge on any atom is -0.341 e. The molecule has 1 saturated heterocycles. The number of nitrogens with one attached hydrogen (secondary N) is 3. The molecule has 1 unspecified atom stereocenters. The zero-order valence-electron chi connectivity index (χ0n) is 13.5. The van der Waals surface area contributed by atoms with Crippen LogP contribution in [0.25, 0.3) is 11.0 Å². The summed E-state index contributed by atoms with van der Waals surface area (Å²) in [6, 6.07) is 9.41. The molecule has 0 aliphatic carbocycles.